The molecule has 6 heteroatoms. The Morgan fingerprint density at radius 1 is 0.818 bits per heavy atom. The third kappa shape index (κ3) is 11.4. The van der Waals surface area contributed by atoms with Crippen molar-refractivity contribution in [1.29, 1.82) is 0 Å². The number of nitrogens with zero attached hydrogens (tertiary/aromatic N) is 1. The van der Waals surface area contributed by atoms with Crippen molar-refractivity contribution in [2.24, 2.45) is 0 Å². The fraction of sp³-hybridized carbons (Fsp3) is 0.519. The molecule has 2 aromatic carbocycles. The molecule has 181 valence electrons. The van der Waals surface area contributed by atoms with E-state index in [-0.39, 0.29) is 11.6 Å². The van der Waals surface area contributed by atoms with Crippen LogP contribution in [0.3, 0.4) is 0 Å². The number of hydrogen-bond acceptors (Lipinski definition) is 3. The van der Waals surface area contributed by atoms with Crippen LogP contribution < -0.4 is 15.9 Å². The summed E-state index contributed by atoms with van der Waals surface area (Å²) < 4.78 is 0. The van der Waals surface area contributed by atoms with Crippen molar-refractivity contribution >= 4 is 11.6 Å². The van der Waals surface area contributed by atoms with Gasteiger partial charge in [0.05, 0.1) is 0 Å². The normalized spacial score (nSPS) is 12.0. The Bertz CT molecular complexity index is 776. The first-order valence-corrected chi connectivity index (χ1v) is 12.4. The minimum Gasteiger partial charge on any atom is -0.595 e. The van der Waals surface area contributed by atoms with Gasteiger partial charge < -0.3 is 10.5 Å². The van der Waals surface area contributed by atoms with Crippen molar-refractivity contribution in [3.63, 3.8) is 0 Å². The molecule has 0 aliphatic carbocycles. The second-order valence-corrected chi connectivity index (χ2v) is 8.68. The number of quaternary nitrogens is 1. The van der Waals surface area contributed by atoms with E-state index in [9.17, 15) is 10.0 Å². The molecule has 33 heavy (non-hydrogen) atoms. The highest BCUT2D eigenvalue weighted by atomic mass is 16.8. The van der Waals surface area contributed by atoms with Crippen LogP contribution in [0.2, 0.25) is 0 Å². The molecule has 0 bridgehead atoms. The predicted molar refractivity (Wildman–Crippen MR) is 132 cm³/mol. The van der Waals surface area contributed by atoms with Crippen LogP contribution in [0.25, 0.3) is 0 Å². The molecule has 0 saturated heterocycles. The number of nitrogens with one attached hydrogen (secondary N) is 2. The lowest BCUT2D eigenvalue weighted by Crippen LogP contribution is -2.99. The second-order valence-electron chi connectivity index (χ2n) is 8.68. The average molecular weight is 455 g/mol. The van der Waals surface area contributed by atoms with E-state index in [0.717, 1.165) is 24.1 Å². The summed E-state index contributed by atoms with van der Waals surface area (Å²) in [6, 6.07) is 14.3. The first kappa shape index (κ1) is 27.0. The van der Waals surface area contributed by atoms with Crippen molar-refractivity contribution in [3.8, 4) is 0 Å². The van der Waals surface area contributed by atoms with E-state index in [0.29, 0.717) is 18.7 Å². The number of hydrogen-bond donors (Lipinski definition) is 3. The van der Waals surface area contributed by atoms with Gasteiger partial charge in [0, 0.05) is 37.3 Å². The van der Waals surface area contributed by atoms with Gasteiger partial charge in [-0.3, -0.25) is 4.79 Å². The van der Waals surface area contributed by atoms with Crippen LogP contribution in [0.5, 0.6) is 0 Å². The number of rotatable bonds is 17. The van der Waals surface area contributed by atoms with Gasteiger partial charge in [0.1, 0.15) is 0 Å². The molecule has 0 spiro atoms. The number of amides is 1. The second kappa shape index (κ2) is 16.4. The number of carbonyl (C=O) groups excluding carboxylic acids is 1. The summed E-state index contributed by atoms with van der Waals surface area (Å²) in [4.78, 5) is 12.3. The van der Waals surface area contributed by atoms with Gasteiger partial charge in [-0.05, 0) is 29.7 Å². The van der Waals surface area contributed by atoms with Crippen molar-refractivity contribution in [2.45, 2.75) is 84.2 Å². The summed E-state index contributed by atoms with van der Waals surface area (Å²) in [7, 11) is 0. The van der Waals surface area contributed by atoms with E-state index in [4.69, 9.17) is 5.21 Å². The van der Waals surface area contributed by atoms with Gasteiger partial charge in [-0.1, -0.05) is 89.0 Å². The lowest BCUT2D eigenvalue weighted by atomic mass is 10.1. The van der Waals surface area contributed by atoms with Gasteiger partial charge in [0.15, 0.2) is 5.69 Å². The van der Waals surface area contributed by atoms with Crippen molar-refractivity contribution in [3.05, 3.63) is 70.4 Å². The van der Waals surface area contributed by atoms with Gasteiger partial charge in [-0.2, -0.15) is 5.23 Å². The van der Waals surface area contributed by atoms with E-state index in [1.807, 2.05) is 24.3 Å². The highest BCUT2D eigenvalue weighted by molar-refractivity contribution is 5.94. The molecule has 0 aliphatic rings. The highest BCUT2D eigenvalue weighted by Gasteiger charge is 2.05. The lowest BCUT2D eigenvalue weighted by Gasteiger charge is -2.11. The summed E-state index contributed by atoms with van der Waals surface area (Å²) in [5.74, 6) is -0.0204. The van der Waals surface area contributed by atoms with Gasteiger partial charge in [0.25, 0.3) is 5.91 Å². The van der Waals surface area contributed by atoms with Crippen LogP contribution in [0.4, 0.5) is 5.69 Å². The molecule has 0 fully saturated rings. The van der Waals surface area contributed by atoms with Crippen LogP contribution in [0.15, 0.2) is 48.5 Å². The van der Waals surface area contributed by atoms with Gasteiger partial charge in [-0.25, -0.2) is 10.5 Å². The maximum Gasteiger partial charge on any atom is 0.251 e. The fourth-order valence-electron chi connectivity index (χ4n) is 3.74. The zero-order chi connectivity index (χ0) is 23.7. The molecule has 2 aromatic rings. The highest BCUT2D eigenvalue weighted by Crippen LogP contribution is 2.11. The molecule has 1 amide bonds. The third-order valence-corrected chi connectivity index (χ3v) is 5.82. The largest absolute Gasteiger partial charge is 0.595 e. The minimum atomic E-state index is -0.925. The standard InChI is InChI=1S/C27H40N3O3/c1-2-3-4-5-6-7-8-9-10-11-20-29-27(31)25-16-12-23(13-17-25)21-28-22-24-14-18-26(19-15-24)30(32)33/h12-19,30,32H,2-11,20-22H2,1H3,(H,29,31). The summed E-state index contributed by atoms with van der Waals surface area (Å²) in [5, 5.41) is 26.4. The Hall–Kier alpha value is -2.25. The molecule has 1 unspecified atom stereocenters. The molecule has 0 aliphatic heterocycles. The van der Waals surface area contributed by atoms with Crippen LogP contribution >= 0.6 is 0 Å². The summed E-state index contributed by atoms with van der Waals surface area (Å²) in [5.41, 5.74) is 2.97. The van der Waals surface area contributed by atoms with Crippen molar-refractivity contribution < 1.29 is 15.2 Å². The van der Waals surface area contributed by atoms with Crippen molar-refractivity contribution in [2.75, 3.05) is 6.54 Å². The minimum absolute atomic E-state index is 0.0204. The summed E-state index contributed by atoms with van der Waals surface area (Å²) in [6.07, 6.45) is 12.9. The SMILES string of the molecule is CCCCCCCCCCCCNC(=O)c1ccc(C[N]Cc2ccc([NH+]([O-])O)cc2)cc1. The van der Waals surface area contributed by atoms with E-state index in [2.05, 4.69) is 17.6 Å². The first-order chi connectivity index (χ1) is 16.1. The summed E-state index contributed by atoms with van der Waals surface area (Å²) >= 11 is 0. The number of benzene rings is 2. The Morgan fingerprint density at radius 2 is 1.30 bits per heavy atom. The zero-order valence-corrected chi connectivity index (χ0v) is 20.0. The topological polar surface area (TPSA) is 90.9 Å². The maximum atomic E-state index is 12.3. The molecule has 6 nitrogen and oxygen atoms in total. The van der Waals surface area contributed by atoms with E-state index >= 15 is 0 Å². The van der Waals surface area contributed by atoms with Crippen LogP contribution in [-0.2, 0) is 13.1 Å². The molecule has 2 rings (SSSR count). The Morgan fingerprint density at radius 3 is 1.82 bits per heavy atom. The Labute approximate surface area is 198 Å². The molecule has 0 aromatic heterocycles. The van der Waals surface area contributed by atoms with Gasteiger partial charge in [-0.15, -0.1) is 0 Å². The van der Waals surface area contributed by atoms with Crippen molar-refractivity contribution in [1.82, 2.24) is 10.6 Å². The Balaban J connectivity index is 1.55. The van der Waals surface area contributed by atoms with E-state index < -0.39 is 5.23 Å². The first-order valence-electron chi connectivity index (χ1n) is 12.4. The van der Waals surface area contributed by atoms with Crippen LogP contribution in [0, 0.1) is 5.21 Å². The zero-order valence-electron chi connectivity index (χ0n) is 20.0. The summed E-state index contributed by atoms with van der Waals surface area (Å²) in [6.45, 7) is 4.07. The lowest BCUT2D eigenvalue weighted by molar-refractivity contribution is -0.991. The van der Waals surface area contributed by atoms with E-state index in [1.54, 1.807) is 24.3 Å². The quantitative estimate of drug-likeness (QED) is 0.231. The van der Waals surface area contributed by atoms with Gasteiger partial charge in [0.2, 0.25) is 0 Å². The Kier molecular flexibility index (Phi) is 13.4. The molecular weight excluding hydrogens is 414 g/mol. The van der Waals surface area contributed by atoms with E-state index in [1.165, 1.54) is 57.8 Å². The molecular formula is C27H40N3O3. The maximum absolute atomic E-state index is 12.3. The third-order valence-electron chi connectivity index (χ3n) is 5.82. The molecule has 0 heterocycles. The number of unbranched alkanes of at least 4 members (excludes halogenated alkanes) is 9. The van der Waals surface area contributed by atoms with Gasteiger partial charge >= 0.3 is 0 Å². The number of carbonyl (C=O) groups is 1. The molecule has 1 atom stereocenters. The molecule has 0 saturated carbocycles. The molecule has 1 radical (unpaired) electrons. The van der Waals surface area contributed by atoms with Crippen LogP contribution in [-0.4, -0.2) is 17.7 Å². The molecule has 3 N–H and O–H groups in total. The van der Waals surface area contributed by atoms with Crippen LogP contribution in [0.1, 0.15) is 92.6 Å². The predicted octanol–water partition coefficient (Wildman–Crippen LogP) is 5.05. The monoisotopic (exact) mass is 454 g/mol. The fourth-order valence-corrected chi connectivity index (χ4v) is 3.74. The smallest absolute Gasteiger partial charge is 0.251 e. The average Bonchev–Trinajstić information content (AvgIpc) is 2.83.